The van der Waals surface area contributed by atoms with Gasteiger partial charge in [0.1, 0.15) is 17.5 Å². The average molecular weight is 642 g/mol. The molecule has 0 saturated carbocycles. The monoisotopic (exact) mass is 641 g/mol. The number of hydrogen-bond donors (Lipinski definition) is 1. The molecule has 4 aromatic carbocycles. The molecular formula is C33H24ClN3O5S2. The van der Waals surface area contributed by atoms with E-state index in [1.165, 1.54) is 9.47 Å². The van der Waals surface area contributed by atoms with Crippen LogP contribution in [-0.2, 0) is 20.9 Å². The number of hydrogen-bond acceptors (Lipinski definition) is 7. The van der Waals surface area contributed by atoms with Crippen molar-refractivity contribution < 1.29 is 19.1 Å². The van der Waals surface area contributed by atoms with Crippen molar-refractivity contribution >= 4 is 74.6 Å². The second kappa shape index (κ2) is 11.3. The topological polar surface area (TPSA) is 97.7 Å². The summed E-state index contributed by atoms with van der Waals surface area (Å²) in [4.78, 5) is 56.2. The summed E-state index contributed by atoms with van der Waals surface area (Å²) >= 11 is 8.23. The van der Waals surface area contributed by atoms with Crippen LogP contribution in [0.2, 0.25) is 5.02 Å². The Morgan fingerprint density at radius 1 is 0.909 bits per heavy atom. The molecule has 2 aliphatic rings. The minimum atomic E-state index is -0.815. The number of ether oxygens (including phenoxy) is 1. The van der Waals surface area contributed by atoms with E-state index < -0.39 is 17.1 Å². The molecule has 1 fully saturated rings. The number of thiazole rings is 1. The van der Waals surface area contributed by atoms with Crippen LogP contribution in [0, 0.1) is 5.92 Å². The van der Waals surface area contributed by atoms with Crippen molar-refractivity contribution in [1.82, 2.24) is 4.57 Å². The molecule has 2 aliphatic heterocycles. The Morgan fingerprint density at radius 2 is 1.64 bits per heavy atom. The minimum absolute atomic E-state index is 0.246. The Morgan fingerprint density at radius 3 is 2.41 bits per heavy atom. The van der Waals surface area contributed by atoms with Gasteiger partial charge in [0.05, 0.1) is 23.7 Å². The number of nitrogens with zero attached hydrogens (tertiary/aromatic N) is 2. The number of benzene rings is 4. The van der Waals surface area contributed by atoms with Gasteiger partial charge in [-0.15, -0.1) is 0 Å². The molecule has 3 heterocycles. The number of carbonyl (C=O) groups excluding carboxylic acids is 3. The van der Waals surface area contributed by atoms with E-state index in [1.54, 1.807) is 37.4 Å². The fraction of sp³-hybridized carbons (Fsp3) is 0.152. The van der Waals surface area contributed by atoms with Gasteiger partial charge in [-0.2, -0.15) is 0 Å². The van der Waals surface area contributed by atoms with Crippen molar-refractivity contribution in [3.8, 4) is 5.75 Å². The maximum atomic E-state index is 14.1. The summed E-state index contributed by atoms with van der Waals surface area (Å²) in [6.07, 6.45) is 0. The van der Waals surface area contributed by atoms with Crippen LogP contribution in [0.15, 0.2) is 101 Å². The van der Waals surface area contributed by atoms with E-state index in [9.17, 15) is 19.2 Å². The summed E-state index contributed by atoms with van der Waals surface area (Å²) < 4.78 is 7.08. The predicted octanol–water partition coefficient (Wildman–Crippen LogP) is 6.16. The van der Waals surface area contributed by atoms with Crippen LogP contribution in [0.3, 0.4) is 0 Å². The Kier molecular flexibility index (Phi) is 7.28. The highest BCUT2D eigenvalue weighted by molar-refractivity contribution is 8.00. The molecule has 0 unspecified atom stereocenters. The lowest BCUT2D eigenvalue weighted by atomic mass is 9.82. The van der Waals surface area contributed by atoms with Crippen molar-refractivity contribution in [2.24, 2.45) is 5.92 Å². The molecule has 0 bridgehead atoms. The standard InChI is InChI=1S/C33H24ClN3O5S2/c1-42-24-9-5-4-8-23(24)26-27-28(31(40)37(30(27)39)22-14-11-20(34)12-15-22)43-32-29(26)44-33(41)36(32)17-25(38)35-21-13-10-18-6-2-3-7-19(18)16-21/h2-16,26-28H,17H2,1H3,(H,35,38)/t26-,27-,28+/m0/s1. The van der Waals surface area contributed by atoms with E-state index in [0.717, 1.165) is 33.9 Å². The van der Waals surface area contributed by atoms with E-state index in [4.69, 9.17) is 16.3 Å². The molecular weight excluding hydrogens is 618 g/mol. The number of nitrogens with one attached hydrogen (secondary N) is 1. The van der Waals surface area contributed by atoms with Gasteiger partial charge in [-0.05, 0) is 53.2 Å². The molecule has 44 heavy (non-hydrogen) atoms. The van der Waals surface area contributed by atoms with Crippen molar-refractivity contribution in [1.29, 1.82) is 0 Å². The van der Waals surface area contributed by atoms with Gasteiger partial charge in [-0.25, -0.2) is 4.90 Å². The largest absolute Gasteiger partial charge is 0.496 e. The van der Waals surface area contributed by atoms with Crippen LogP contribution in [0.1, 0.15) is 16.4 Å². The van der Waals surface area contributed by atoms with Gasteiger partial charge in [0.2, 0.25) is 17.7 Å². The number of rotatable bonds is 6. The van der Waals surface area contributed by atoms with Gasteiger partial charge in [0.15, 0.2) is 0 Å². The molecule has 3 atom stereocenters. The average Bonchev–Trinajstić information content (AvgIpc) is 3.47. The maximum absolute atomic E-state index is 14.1. The van der Waals surface area contributed by atoms with Crippen LogP contribution < -0.4 is 19.8 Å². The van der Waals surface area contributed by atoms with Crippen molar-refractivity contribution in [2.75, 3.05) is 17.3 Å². The summed E-state index contributed by atoms with van der Waals surface area (Å²) in [7, 11) is 1.54. The zero-order valence-corrected chi connectivity index (χ0v) is 25.6. The number of para-hydroxylation sites is 1. The predicted molar refractivity (Wildman–Crippen MR) is 173 cm³/mol. The first-order valence-corrected chi connectivity index (χ1v) is 15.9. The fourth-order valence-corrected chi connectivity index (χ4v) is 8.86. The lowest BCUT2D eigenvalue weighted by Crippen LogP contribution is -2.33. The van der Waals surface area contributed by atoms with Gasteiger partial charge < -0.3 is 10.1 Å². The number of fused-ring (bicyclic) bond motifs is 3. The van der Waals surface area contributed by atoms with Gasteiger partial charge in [0.25, 0.3) is 0 Å². The van der Waals surface area contributed by atoms with Gasteiger partial charge in [-0.3, -0.25) is 23.7 Å². The SMILES string of the molecule is COc1ccccc1[C@@H]1c2sc(=O)n(CC(=O)Nc3ccc4ccccc4c3)c2S[C@H]2C(=O)N(c3ccc(Cl)cc3)C(=O)[C@@H]12. The molecule has 3 amide bonds. The summed E-state index contributed by atoms with van der Waals surface area (Å²) in [5, 5.41) is 5.10. The summed E-state index contributed by atoms with van der Waals surface area (Å²) in [6.45, 7) is -0.246. The van der Waals surface area contributed by atoms with E-state index >= 15 is 0 Å². The zero-order valence-electron chi connectivity index (χ0n) is 23.2. The number of anilines is 2. The van der Waals surface area contributed by atoms with Gasteiger partial charge >= 0.3 is 4.87 Å². The van der Waals surface area contributed by atoms with Crippen LogP contribution in [0.25, 0.3) is 10.8 Å². The van der Waals surface area contributed by atoms with Crippen molar-refractivity contribution in [3.63, 3.8) is 0 Å². The molecule has 0 radical (unpaired) electrons. The number of aromatic nitrogens is 1. The van der Waals surface area contributed by atoms with Crippen molar-refractivity contribution in [2.45, 2.75) is 22.7 Å². The molecule has 1 aromatic heterocycles. The Balaban J connectivity index is 1.28. The number of imide groups is 1. The quantitative estimate of drug-likeness (QED) is 0.223. The highest BCUT2D eigenvalue weighted by Crippen LogP contribution is 2.55. The number of carbonyl (C=O) groups is 3. The van der Waals surface area contributed by atoms with Crippen LogP contribution in [0.5, 0.6) is 5.75 Å². The smallest absolute Gasteiger partial charge is 0.308 e. The molecule has 1 saturated heterocycles. The Hall–Kier alpha value is -4.38. The first-order chi connectivity index (χ1) is 21.3. The second-order valence-corrected chi connectivity index (χ2v) is 13.1. The number of methoxy groups -OCH3 is 1. The minimum Gasteiger partial charge on any atom is -0.496 e. The molecule has 5 aromatic rings. The summed E-state index contributed by atoms with van der Waals surface area (Å²) in [6, 6.07) is 27.3. The molecule has 1 N–H and O–H groups in total. The van der Waals surface area contributed by atoms with E-state index in [1.807, 2.05) is 60.7 Å². The lowest BCUT2D eigenvalue weighted by Gasteiger charge is -2.31. The van der Waals surface area contributed by atoms with Gasteiger partial charge in [0, 0.05) is 27.1 Å². The zero-order chi connectivity index (χ0) is 30.5. The highest BCUT2D eigenvalue weighted by Gasteiger charge is 2.57. The Labute approximate surface area is 265 Å². The molecule has 0 aliphatic carbocycles. The second-order valence-electron chi connectivity index (χ2n) is 10.5. The molecule has 220 valence electrons. The highest BCUT2D eigenvalue weighted by atomic mass is 35.5. The van der Waals surface area contributed by atoms with Gasteiger partial charge in [-0.1, -0.05) is 83.2 Å². The fourth-order valence-electron chi connectivity index (χ4n) is 5.97. The van der Waals surface area contributed by atoms with E-state index in [2.05, 4.69) is 5.32 Å². The van der Waals surface area contributed by atoms with E-state index in [0.29, 0.717) is 37.6 Å². The summed E-state index contributed by atoms with van der Waals surface area (Å²) in [5.41, 5.74) is 1.73. The van der Waals surface area contributed by atoms with Crippen LogP contribution >= 0.6 is 34.7 Å². The third kappa shape index (κ3) is 4.79. The number of amides is 3. The summed E-state index contributed by atoms with van der Waals surface area (Å²) in [5.74, 6) is -2.01. The van der Waals surface area contributed by atoms with Crippen LogP contribution in [-0.4, -0.2) is 34.6 Å². The third-order valence-corrected chi connectivity index (χ3v) is 10.8. The van der Waals surface area contributed by atoms with E-state index in [-0.39, 0.29) is 29.1 Å². The first kappa shape index (κ1) is 28.4. The van der Waals surface area contributed by atoms with Crippen molar-refractivity contribution in [3.05, 3.63) is 116 Å². The molecule has 0 spiro atoms. The Bertz CT molecular complexity index is 2020. The normalized spacial score (nSPS) is 19.1. The third-order valence-electron chi connectivity index (χ3n) is 7.94. The number of thioether (sulfide) groups is 1. The van der Waals surface area contributed by atoms with Crippen LogP contribution in [0.4, 0.5) is 11.4 Å². The lowest BCUT2D eigenvalue weighted by molar-refractivity contribution is -0.122. The first-order valence-electron chi connectivity index (χ1n) is 13.8. The molecule has 8 nitrogen and oxygen atoms in total. The molecule has 7 rings (SSSR count). The molecule has 11 heteroatoms. The number of halogens is 1. The maximum Gasteiger partial charge on any atom is 0.308 e.